The minimum absolute atomic E-state index is 0.136. The Morgan fingerprint density at radius 2 is 1.89 bits per heavy atom. The maximum absolute atomic E-state index is 13.9. The van der Waals surface area contributed by atoms with Crippen molar-refractivity contribution >= 4 is 16.9 Å². The van der Waals surface area contributed by atoms with Gasteiger partial charge in [-0.3, -0.25) is 4.90 Å². The van der Waals surface area contributed by atoms with Crippen LogP contribution in [-0.2, 0) is 6.54 Å². The van der Waals surface area contributed by atoms with Gasteiger partial charge in [0.15, 0.2) is 0 Å². The number of nitrogens with zero attached hydrogens (tertiary/aromatic N) is 2. The molecule has 3 aromatic rings. The Hall–Kier alpha value is -2.83. The van der Waals surface area contributed by atoms with E-state index in [9.17, 15) is 14.3 Å². The van der Waals surface area contributed by atoms with Gasteiger partial charge in [0.05, 0.1) is 16.8 Å². The molecule has 0 saturated carbocycles. The number of hydrogen-bond acceptors (Lipinski definition) is 4. The Labute approximate surface area is 156 Å². The lowest BCUT2D eigenvalue weighted by Gasteiger charge is -2.28. The fraction of sp³-hybridized carbons (Fsp3) is 0.238. The third-order valence-corrected chi connectivity index (χ3v) is 4.90. The number of aromatic carboxylic acids is 1. The summed E-state index contributed by atoms with van der Waals surface area (Å²) in [6, 6.07) is 13.7. The Balaban J connectivity index is 1.97. The number of hydrogen-bond donors (Lipinski definition) is 2. The van der Waals surface area contributed by atoms with Gasteiger partial charge in [-0.15, -0.1) is 0 Å². The van der Waals surface area contributed by atoms with Gasteiger partial charge in [0.25, 0.3) is 0 Å². The third-order valence-electron chi connectivity index (χ3n) is 4.90. The van der Waals surface area contributed by atoms with Crippen LogP contribution in [0.4, 0.5) is 4.39 Å². The molecule has 0 spiro atoms. The predicted octanol–water partition coefficient (Wildman–Crippen LogP) is 3.14. The van der Waals surface area contributed by atoms with Crippen LogP contribution in [0.3, 0.4) is 0 Å². The first kappa shape index (κ1) is 17.6. The number of carboxylic acids is 1. The standard InChI is InChI=1S/C21H20FN3O2/c22-15-6-7-18-16(12-15)19(21(26)27)17(13-25-10-8-23-9-11-25)20(24-18)14-4-2-1-3-5-14/h1-7,12,23H,8-11,13H2,(H,26,27). The minimum atomic E-state index is -1.06. The van der Waals surface area contributed by atoms with E-state index in [0.717, 1.165) is 31.7 Å². The second-order valence-corrected chi connectivity index (χ2v) is 6.67. The van der Waals surface area contributed by atoms with Crippen LogP contribution in [0.5, 0.6) is 0 Å². The quantitative estimate of drug-likeness (QED) is 0.744. The number of fused-ring (bicyclic) bond motifs is 1. The van der Waals surface area contributed by atoms with Crippen LogP contribution in [0.25, 0.3) is 22.2 Å². The van der Waals surface area contributed by atoms with Crippen LogP contribution in [0.1, 0.15) is 15.9 Å². The van der Waals surface area contributed by atoms with Crippen molar-refractivity contribution < 1.29 is 14.3 Å². The van der Waals surface area contributed by atoms with Crippen molar-refractivity contribution in [2.24, 2.45) is 0 Å². The van der Waals surface area contributed by atoms with Gasteiger partial charge < -0.3 is 10.4 Å². The van der Waals surface area contributed by atoms with Crippen molar-refractivity contribution in [2.75, 3.05) is 26.2 Å². The van der Waals surface area contributed by atoms with Gasteiger partial charge in [-0.1, -0.05) is 30.3 Å². The van der Waals surface area contributed by atoms with Gasteiger partial charge >= 0.3 is 5.97 Å². The smallest absolute Gasteiger partial charge is 0.336 e. The molecule has 2 N–H and O–H groups in total. The number of nitrogens with one attached hydrogen (secondary N) is 1. The van der Waals surface area contributed by atoms with Gasteiger partial charge in [-0.2, -0.15) is 0 Å². The highest BCUT2D eigenvalue weighted by Gasteiger charge is 2.24. The normalized spacial score (nSPS) is 15.1. The number of piperazine rings is 1. The maximum atomic E-state index is 13.9. The summed E-state index contributed by atoms with van der Waals surface area (Å²) in [4.78, 5) is 19.1. The Morgan fingerprint density at radius 3 is 2.59 bits per heavy atom. The van der Waals surface area contributed by atoms with E-state index in [-0.39, 0.29) is 5.56 Å². The second kappa shape index (κ2) is 7.42. The first-order chi connectivity index (χ1) is 13.1. The summed E-state index contributed by atoms with van der Waals surface area (Å²) in [5, 5.41) is 13.6. The van der Waals surface area contributed by atoms with Gasteiger partial charge in [0.1, 0.15) is 5.82 Å². The molecular weight excluding hydrogens is 345 g/mol. The average Bonchev–Trinajstić information content (AvgIpc) is 2.68. The Bertz CT molecular complexity index is 986. The van der Waals surface area contributed by atoms with Crippen molar-refractivity contribution in [1.82, 2.24) is 15.2 Å². The highest BCUT2D eigenvalue weighted by molar-refractivity contribution is 6.05. The van der Waals surface area contributed by atoms with E-state index in [4.69, 9.17) is 4.98 Å². The molecule has 1 aliphatic heterocycles. The molecule has 138 valence electrons. The molecule has 0 unspecified atom stereocenters. The van der Waals surface area contributed by atoms with Gasteiger partial charge in [-0.25, -0.2) is 14.2 Å². The topological polar surface area (TPSA) is 65.5 Å². The highest BCUT2D eigenvalue weighted by atomic mass is 19.1. The zero-order chi connectivity index (χ0) is 18.8. The lowest BCUT2D eigenvalue weighted by Crippen LogP contribution is -2.43. The first-order valence-corrected chi connectivity index (χ1v) is 8.97. The number of benzene rings is 2. The number of rotatable bonds is 4. The molecule has 27 heavy (non-hydrogen) atoms. The summed E-state index contributed by atoms with van der Waals surface area (Å²) in [7, 11) is 0. The van der Waals surface area contributed by atoms with E-state index in [1.807, 2.05) is 30.3 Å². The van der Waals surface area contributed by atoms with E-state index in [0.29, 0.717) is 28.7 Å². The maximum Gasteiger partial charge on any atom is 0.336 e. The molecule has 4 rings (SSSR count). The van der Waals surface area contributed by atoms with Crippen LogP contribution in [0.2, 0.25) is 0 Å². The van der Waals surface area contributed by atoms with Gasteiger partial charge in [-0.05, 0) is 18.2 Å². The predicted molar refractivity (Wildman–Crippen MR) is 102 cm³/mol. The third kappa shape index (κ3) is 3.54. The van der Waals surface area contributed by atoms with Crippen LogP contribution in [0, 0.1) is 5.82 Å². The SMILES string of the molecule is O=C(O)c1c(CN2CCNCC2)c(-c2ccccc2)nc2ccc(F)cc12. The molecule has 1 aliphatic rings. The Kier molecular flexibility index (Phi) is 4.83. The molecule has 2 aromatic carbocycles. The van der Waals surface area contributed by atoms with E-state index in [1.54, 1.807) is 0 Å². The molecule has 1 saturated heterocycles. The molecule has 2 heterocycles. The van der Waals surface area contributed by atoms with Gasteiger partial charge in [0, 0.05) is 49.2 Å². The van der Waals surface area contributed by atoms with Crippen LogP contribution in [-0.4, -0.2) is 47.1 Å². The lowest BCUT2D eigenvalue weighted by atomic mass is 9.96. The minimum Gasteiger partial charge on any atom is -0.478 e. The molecule has 0 aliphatic carbocycles. The summed E-state index contributed by atoms with van der Waals surface area (Å²) in [5.74, 6) is -1.53. The first-order valence-electron chi connectivity index (χ1n) is 8.97. The summed E-state index contributed by atoms with van der Waals surface area (Å²) in [6.07, 6.45) is 0. The summed E-state index contributed by atoms with van der Waals surface area (Å²) in [6.45, 7) is 3.84. The van der Waals surface area contributed by atoms with Crippen molar-refractivity contribution in [3.8, 4) is 11.3 Å². The lowest BCUT2D eigenvalue weighted by molar-refractivity contribution is 0.0696. The van der Waals surface area contributed by atoms with Crippen LogP contribution < -0.4 is 5.32 Å². The number of aromatic nitrogens is 1. The number of halogens is 1. The molecule has 0 amide bonds. The average molecular weight is 365 g/mol. The van der Waals surface area contributed by atoms with Crippen molar-refractivity contribution in [2.45, 2.75) is 6.54 Å². The zero-order valence-electron chi connectivity index (χ0n) is 14.8. The fourth-order valence-electron chi connectivity index (χ4n) is 3.60. The Morgan fingerprint density at radius 1 is 1.15 bits per heavy atom. The largest absolute Gasteiger partial charge is 0.478 e. The van der Waals surface area contributed by atoms with Crippen LogP contribution in [0.15, 0.2) is 48.5 Å². The fourth-order valence-corrected chi connectivity index (χ4v) is 3.60. The summed E-state index contributed by atoms with van der Waals surface area (Å²) in [5.41, 5.74) is 2.75. The molecule has 0 bridgehead atoms. The summed E-state index contributed by atoms with van der Waals surface area (Å²) < 4.78 is 13.9. The number of pyridine rings is 1. The monoisotopic (exact) mass is 365 g/mol. The number of carbonyl (C=O) groups is 1. The highest BCUT2D eigenvalue weighted by Crippen LogP contribution is 2.32. The van der Waals surface area contributed by atoms with E-state index < -0.39 is 11.8 Å². The van der Waals surface area contributed by atoms with Crippen molar-refractivity contribution in [3.63, 3.8) is 0 Å². The van der Waals surface area contributed by atoms with E-state index in [2.05, 4.69) is 10.2 Å². The molecule has 1 aromatic heterocycles. The van der Waals surface area contributed by atoms with E-state index in [1.165, 1.54) is 18.2 Å². The number of carboxylic acid groups (broad SMARTS) is 1. The van der Waals surface area contributed by atoms with Crippen molar-refractivity contribution in [3.05, 3.63) is 65.5 Å². The summed E-state index contributed by atoms with van der Waals surface area (Å²) >= 11 is 0. The second-order valence-electron chi connectivity index (χ2n) is 6.67. The molecule has 0 radical (unpaired) electrons. The molecule has 5 nitrogen and oxygen atoms in total. The van der Waals surface area contributed by atoms with Crippen LogP contribution >= 0.6 is 0 Å². The molecular formula is C21H20FN3O2. The van der Waals surface area contributed by atoms with Crippen molar-refractivity contribution in [1.29, 1.82) is 0 Å². The van der Waals surface area contributed by atoms with E-state index >= 15 is 0 Å². The molecule has 6 heteroatoms. The molecule has 1 fully saturated rings. The zero-order valence-corrected chi connectivity index (χ0v) is 14.8. The van der Waals surface area contributed by atoms with Gasteiger partial charge in [0.2, 0.25) is 0 Å². The molecule has 0 atom stereocenters.